The van der Waals surface area contributed by atoms with Gasteiger partial charge in [0, 0.05) is 13.2 Å². The SMILES string of the molecule is COCC(C)NC(=O)COc1ccc(F)nc1. The number of aromatic nitrogens is 1. The molecule has 94 valence electrons. The molecule has 1 amide bonds. The molecule has 6 heteroatoms. The minimum absolute atomic E-state index is 0.0811. The molecule has 1 rings (SSSR count). The van der Waals surface area contributed by atoms with E-state index in [2.05, 4.69) is 10.3 Å². The Bertz CT molecular complexity index is 356. The van der Waals surface area contributed by atoms with E-state index in [0.29, 0.717) is 12.4 Å². The fourth-order valence-electron chi connectivity index (χ4n) is 1.20. The Morgan fingerprint density at radius 1 is 1.59 bits per heavy atom. The molecule has 5 nitrogen and oxygen atoms in total. The molecule has 1 heterocycles. The minimum atomic E-state index is -0.587. The highest BCUT2D eigenvalue weighted by Crippen LogP contribution is 2.07. The van der Waals surface area contributed by atoms with Gasteiger partial charge in [0.25, 0.3) is 5.91 Å². The van der Waals surface area contributed by atoms with Crippen LogP contribution in [0.25, 0.3) is 0 Å². The number of carbonyl (C=O) groups excluding carboxylic acids is 1. The number of nitrogens with zero attached hydrogens (tertiary/aromatic N) is 1. The highest BCUT2D eigenvalue weighted by atomic mass is 19.1. The van der Waals surface area contributed by atoms with Crippen LogP contribution in [0.5, 0.6) is 5.75 Å². The number of pyridine rings is 1. The van der Waals surface area contributed by atoms with Gasteiger partial charge in [-0.2, -0.15) is 4.39 Å². The first-order chi connectivity index (χ1) is 8.11. The topological polar surface area (TPSA) is 60.5 Å². The quantitative estimate of drug-likeness (QED) is 0.748. The third-order valence-electron chi connectivity index (χ3n) is 1.89. The van der Waals surface area contributed by atoms with Gasteiger partial charge >= 0.3 is 0 Å². The fraction of sp³-hybridized carbons (Fsp3) is 0.455. The lowest BCUT2D eigenvalue weighted by Crippen LogP contribution is -2.38. The molecule has 0 radical (unpaired) electrons. The number of hydrogen-bond donors (Lipinski definition) is 1. The maximum absolute atomic E-state index is 12.5. The number of halogens is 1. The number of nitrogens with one attached hydrogen (secondary N) is 1. The maximum atomic E-state index is 12.5. The summed E-state index contributed by atoms with van der Waals surface area (Å²) in [6, 6.07) is 2.50. The highest BCUT2D eigenvalue weighted by molar-refractivity contribution is 5.77. The second kappa shape index (κ2) is 6.80. The van der Waals surface area contributed by atoms with Crippen molar-refractivity contribution in [1.82, 2.24) is 10.3 Å². The van der Waals surface area contributed by atoms with Gasteiger partial charge in [-0.25, -0.2) is 4.98 Å². The van der Waals surface area contributed by atoms with Crippen molar-refractivity contribution in [2.45, 2.75) is 13.0 Å². The first-order valence-corrected chi connectivity index (χ1v) is 5.14. The molecule has 1 aromatic heterocycles. The van der Waals surface area contributed by atoms with Crippen LogP contribution in [-0.2, 0) is 9.53 Å². The normalized spacial score (nSPS) is 11.9. The summed E-state index contributed by atoms with van der Waals surface area (Å²) in [5.74, 6) is -0.504. The van der Waals surface area contributed by atoms with Crippen molar-refractivity contribution in [2.24, 2.45) is 0 Å². The molecule has 0 spiro atoms. The Labute approximate surface area is 98.9 Å². The first-order valence-electron chi connectivity index (χ1n) is 5.14. The van der Waals surface area contributed by atoms with E-state index in [1.807, 2.05) is 6.92 Å². The Morgan fingerprint density at radius 2 is 2.35 bits per heavy atom. The van der Waals surface area contributed by atoms with Crippen LogP contribution >= 0.6 is 0 Å². The molecule has 0 aliphatic heterocycles. The van der Waals surface area contributed by atoms with Crippen LogP contribution in [0.4, 0.5) is 4.39 Å². The summed E-state index contributed by atoms with van der Waals surface area (Å²) in [7, 11) is 1.56. The molecule has 1 N–H and O–H groups in total. The highest BCUT2D eigenvalue weighted by Gasteiger charge is 2.07. The molecular formula is C11H15FN2O3. The van der Waals surface area contributed by atoms with Crippen LogP contribution in [0, 0.1) is 5.95 Å². The van der Waals surface area contributed by atoms with Crippen molar-refractivity contribution in [3.8, 4) is 5.75 Å². The van der Waals surface area contributed by atoms with Crippen LogP contribution in [0.2, 0.25) is 0 Å². The van der Waals surface area contributed by atoms with Crippen LogP contribution in [-0.4, -0.2) is 37.3 Å². The van der Waals surface area contributed by atoms with Gasteiger partial charge < -0.3 is 14.8 Å². The number of ether oxygens (including phenoxy) is 2. The smallest absolute Gasteiger partial charge is 0.258 e. The molecule has 0 aliphatic rings. The molecule has 1 atom stereocenters. The van der Waals surface area contributed by atoms with Crippen LogP contribution in [0.15, 0.2) is 18.3 Å². The molecule has 0 bridgehead atoms. The van der Waals surface area contributed by atoms with Gasteiger partial charge in [-0.1, -0.05) is 0 Å². The summed E-state index contributed by atoms with van der Waals surface area (Å²) in [5.41, 5.74) is 0. The van der Waals surface area contributed by atoms with Crippen molar-refractivity contribution in [1.29, 1.82) is 0 Å². The van der Waals surface area contributed by atoms with Crippen molar-refractivity contribution in [3.05, 3.63) is 24.3 Å². The predicted octanol–water partition coefficient (Wildman–Crippen LogP) is 0.751. The van der Waals surface area contributed by atoms with E-state index >= 15 is 0 Å². The van der Waals surface area contributed by atoms with E-state index in [1.165, 1.54) is 18.3 Å². The average molecular weight is 242 g/mol. The summed E-state index contributed by atoms with van der Waals surface area (Å²) in [5, 5.41) is 2.68. The van der Waals surface area contributed by atoms with Crippen LogP contribution < -0.4 is 10.1 Å². The minimum Gasteiger partial charge on any atom is -0.482 e. The standard InChI is InChI=1S/C11H15FN2O3/c1-8(6-16-2)14-11(15)7-17-9-3-4-10(12)13-5-9/h3-5,8H,6-7H2,1-2H3,(H,14,15). The Kier molecular flexibility index (Phi) is 5.35. The summed E-state index contributed by atoms with van der Waals surface area (Å²) in [6.45, 7) is 2.12. The molecule has 1 unspecified atom stereocenters. The van der Waals surface area contributed by atoms with E-state index in [0.717, 1.165) is 0 Å². The van der Waals surface area contributed by atoms with E-state index in [1.54, 1.807) is 7.11 Å². The summed E-state index contributed by atoms with van der Waals surface area (Å²) >= 11 is 0. The third kappa shape index (κ3) is 5.26. The van der Waals surface area contributed by atoms with Gasteiger partial charge in [0.05, 0.1) is 12.8 Å². The number of amides is 1. The Morgan fingerprint density at radius 3 is 2.94 bits per heavy atom. The fourth-order valence-corrected chi connectivity index (χ4v) is 1.20. The molecule has 0 fully saturated rings. The van der Waals surface area contributed by atoms with E-state index in [-0.39, 0.29) is 18.6 Å². The zero-order chi connectivity index (χ0) is 12.7. The van der Waals surface area contributed by atoms with Crippen molar-refractivity contribution in [2.75, 3.05) is 20.3 Å². The Hall–Kier alpha value is -1.69. The molecule has 0 aromatic carbocycles. The summed E-state index contributed by atoms with van der Waals surface area (Å²) in [6.07, 6.45) is 1.22. The zero-order valence-corrected chi connectivity index (χ0v) is 9.77. The van der Waals surface area contributed by atoms with Gasteiger partial charge in [-0.3, -0.25) is 4.79 Å². The average Bonchev–Trinajstić information content (AvgIpc) is 2.28. The van der Waals surface area contributed by atoms with Gasteiger partial charge in [-0.05, 0) is 19.1 Å². The van der Waals surface area contributed by atoms with E-state index < -0.39 is 5.95 Å². The molecule has 17 heavy (non-hydrogen) atoms. The van der Waals surface area contributed by atoms with Crippen molar-refractivity contribution in [3.63, 3.8) is 0 Å². The number of hydrogen-bond acceptors (Lipinski definition) is 4. The molecule has 0 saturated heterocycles. The lowest BCUT2D eigenvalue weighted by molar-refractivity contribution is -0.124. The van der Waals surface area contributed by atoms with Crippen molar-refractivity contribution < 1.29 is 18.7 Å². The lowest BCUT2D eigenvalue weighted by Gasteiger charge is -2.12. The van der Waals surface area contributed by atoms with Crippen molar-refractivity contribution >= 4 is 5.91 Å². The van der Waals surface area contributed by atoms with Gasteiger partial charge in [0.1, 0.15) is 5.75 Å². The van der Waals surface area contributed by atoms with Crippen LogP contribution in [0.1, 0.15) is 6.92 Å². The lowest BCUT2D eigenvalue weighted by atomic mass is 10.3. The second-order valence-electron chi connectivity index (χ2n) is 3.53. The largest absolute Gasteiger partial charge is 0.482 e. The monoisotopic (exact) mass is 242 g/mol. The van der Waals surface area contributed by atoms with Gasteiger partial charge in [0.2, 0.25) is 5.95 Å². The third-order valence-corrected chi connectivity index (χ3v) is 1.89. The van der Waals surface area contributed by atoms with Crippen LogP contribution in [0.3, 0.4) is 0 Å². The van der Waals surface area contributed by atoms with E-state index in [4.69, 9.17) is 9.47 Å². The molecule has 1 aromatic rings. The van der Waals surface area contributed by atoms with Gasteiger partial charge in [0.15, 0.2) is 6.61 Å². The summed E-state index contributed by atoms with van der Waals surface area (Å²) < 4.78 is 22.5. The number of methoxy groups -OCH3 is 1. The molecule has 0 aliphatic carbocycles. The van der Waals surface area contributed by atoms with Gasteiger partial charge in [-0.15, -0.1) is 0 Å². The second-order valence-corrected chi connectivity index (χ2v) is 3.53. The predicted molar refractivity (Wildman–Crippen MR) is 59.2 cm³/mol. The summed E-state index contributed by atoms with van der Waals surface area (Å²) in [4.78, 5) is 14.8. The number of carbonyl (C=O) groups is 1. The molecule has 0 saturated carbocycles. The van der Waals surface area contributed by atoms with E-state index in [9.17, 15) is 9.18 Å². The Balaban J connectivity index is 2.30. The number of rotatable bonds is 6. The first kappa shape index (κ1) is 13.4. The zero-order valence-electron chi connectivity index (χ0n) is 9.77. The molecular weight excluding hydrogens is 227 g/mol. The maximum Gasteiger partial charge on any atom is 0.258 e.